The third-order valence-corrected chi connectivity index (χ3v) is 11.5. The molecule has 12 aromatic rings. The molecule has 12 rings (SSSR count). The molecule has 8 aromatic carbocycles. The maximum absolute atomic E-state index is 5.43. The Morgan fingerprint density at radius 3 is 1.42 bits per heavy atom. The van der Waals surface area contributed by atoms with Crippen LogP contribution >= 0.6 is 0 Å². The van der Waals surface area contributed by atoms with Crippen LogP contribution in [0.2, 0.25) is 0 Å². The highest BCUT2D eigenvalue weighted by molar-refractivity contribution is 6.11. The Balaban J connectivity index is 1.10. The number of pyridine rings is 1. The van der Waals surface area contributed by atoms with Gasteiger partial charge in [-0.2, -0.15) is 0 Å². The van der Waals surface area contributed by atoms with Crippen molar-refractivity contribution >= 4 is 65.5 Å². The molecule has 0 spiro atoms. The molecule has 0 N–H and O–H groups in total. The Hall–Kier alpha value is -7.76. The molecule has 0 aliphatic heterocycles. The lowest BCUT2D eigenvalue weighted by Gasteiger charge is -2.15. The van der Waals surface area contributed by atoms with Crippen molar-refractivity contribution < 1.29 is 0 Å². The van der Waals surface area contributed by atoms with Crippen LogP contribution in [0.25, 0.3) is 105 Å². The molecule has 5 nitrogen and oxygen atoms in total. The van der Waals surface area contributed by atoms with E-state index in [4.69, 9.17) is 9.97 Å². The van der Waals surface area contributed by atoms with Crippen LogP contribution in [0.4, 0.5) is 0 Å². The average molecular weight is 728 g/mol. The van der Waals surface area contributed by atoms with Crippen LogP contribution < -0.4 is 0 Å². The van der Waals surface area contributed by atoms with Crippen molar-refractivity contribution in [2.45, 2.75) is 0 Å². The lowest BCUT2D eigenvalue weighted by molar-refractivity contribution is 1.10. The largest absolute Gasteiger partial charge is 0.309 e. The van der Waals surface area contributed by atoms with Gasteiger partial charge >= 0.3 is 0 Å². The summed E-state index contributed by atoms with van der Waals surface area (Å²) in [6.07, 6.45) is 0. The Kier molecular flexibility index (Phi) is 6.86. The second-order valence-corrected chi connectivity index (χ2v) is 14.6. The van der Waals surface area contributed by atoms with Crippen molar-refractivity contribution in [1.82, 2.24) is 23.7 Å². The number of benzene rings is 8. The van der Waals surface area contributed by atoms with Gasteiger partial charge in [0.05, 0.1) is 38.6 Å². The summed E-state index contributed by atoms with van der Waals surface area (Å²) < 4.78 is 6.95. The SMILES string of the molecule is c1ccc(-n2c(-c3ccc(-c4cc(-n5c6ccccc6c6ccccc65)nc5ccc(-n6c7ccccc7c7ccccc76)cc45)cc3)nc3ccccc32)cc1. The fraction of sp³-hybridized carbons (Fsp3) is 0. The van der Waals surface area contributed by atoms with E-state index in [1.165, 1.54) is 32.6 Å². The molecule has 0 saturated carbocycles. The van der Waals surface area contributed by atoms with Gasteiger partial charge < -0.3 is 4.57 Å². The first-order chi connectivity index (χ1) is 28.3. The maximum atomic E-state index is 5.43. The zero-order chi connectivity index (χ0) is 37.5. The van der Waals surface area contributed by atoms with Gasteiger partial charge in [-0.1, -0.05) is 127 Å². The smallest absolute Gasteiger partial charge is 0.145 e. The van der Waals surface area contributed by atoms with E-state index in [2.05, 4.69) is 214 Å². The monoisotopic (exact) mass is 727 g/mol. The number of aromatic nitrogens is 5. The fourth-order valence-corrected chi connectivity index (χ4v) is 8.92. The Morgan fingerprint density at radius 1 is 0.298 bits per heavy atom. The number of para-hydroxylation sites is 7. The Bertz CT molecular complexity index is 3410. The highest BCUT2D eigenvalue weighted by Crippen LogP contribution is 2.39. The summed E-state index contributed by atoms with van der Waals surface area (Å²) in [7, 11) is 0. The summed E-state index contributed by atoms with van der Waals surface area (Å²) in [5.74, 6) is 1.79. The lowest BCUT2D eigenvalue weighted by Crippen LogP contribution is -2.01. The molecule has 0 aliphatic rings. The number of nitrogens with zero attached hydrogens (tertiary/aromatic N) is 5. The molecule has 4 aromatic heterocycles. The first kappa shape index (κ1) is 31.6. The van der Waals surface area contributed by atoms with Crippen LogP contribution in [0.5, 0.6) is 0 Å². The van der Waals surface area contributed by atoms with E-state index in [9.17, 15) is 0 Å². The number of rotatable bonds is 5. The zero-order valence-corrected chi connectivity index (χ0v) is 30.8. The first-order valence-electron chi connectivity index (χ1n) is 19.3. The maximum Gasteiger partial charge on any atom is 0.145 e. The van der Waals surface area contributed by atoms with E-state index in [1.807, 2.05) is 0 Å². The van der Waals surface area contributed by atoms with E-state index < -0.39 is 0 Å². The van der Waals surface area contributed by atoms with Gasteiger partial charge in [0.2, 0.25) is 0 Å². The van der Waals surface area contributed by atoms with Crippen molar-refractivity contribution in [2.24, 2.45) is 0 Å². The fourth-order valence-electron chi connectivity index (χ4n) is 8.92. The Labute approximate surface area is 328 Å². The van der Waals surface area contributed by atoms with Gasteiger partial charge in [0.25, 0.3) is 0 Å². The first-order valence-corrected chi connectivity index (χ1v) is 19.3. The molecule has 0 bridgehead atoms. The van der Waals surface area contributed by atoms with Gasteiger partial charge in [-0.05, 0) is 83.9 Å². The van der Waals surface area contributed by atoms with E-state index >= 15 is 0 Å². The summed E-state index contributed by atoms with van der Waals surface area (Å²) in [4.78, 5) is 10.6. The summed E-state index contributed by atoms with van der Waals surface area (Å²) in [5.41, 5.74) is 13.1. The van der Waals surface area contributed by atoms with Gasteiger partial charge in [-0.25, -0.2) is 9.97 Å². The summed E-state index contributed by atoms with van der Waals surface area (Å²) in [6.45, 7) is 0. The van der Waals surface area contributed by atoms with Crippen LogP contribution in [0.1, 0.15) is 0 Å². The van der Waals surface area contributed by atoms with Crippen LogP contribution in [-0.2, 0) is 0 Å². The molecule has 0 aliphatic carbocycles. The van der Waals surface area contributed by atoms with Crippen LogP contribution in [-0.4, -0.2) is 23.7 Å². The minimum absolute atomic E-state index is 0.884. The van der Waals surface area contributed by atoms with Gasteiger partial charge in [0.15, 0.2) is 0 Å². The number of hydrogen-bond donors (Lipinski definition) is 0. The Morgan fingerprint density at radius 2 is 0.807 bits per heavy atom. The topological polar surface area (TPSA) is 40.6 Å². The lowest BCUT2D eigenvalue weighted by atomic mass is 9.99. The highest BCUT2D eigenvalue weighted by Gasteiger charge is 2.19. The normalized spacial score (nSPS) is 11.9. The van der Waals surface area contributed by atoms with Crippen LogP contribution in [0, 0.1) is 0 Å². The van der Waals surface area contributed by atoms with Gasteiger partial charge in [-0.3, -0.25) is 9.13 Å². The molecular formula is C52H33N5. The van der Waals surface area contributed by atoms with Gasteiger partial charge in [0, 0.05) is 43.9 Å². The summed E-state index contributed by atoms with van der Waals surface area (Å²) >= 11 is 0. The standard InChI is InChI=1S/C52H33N5/c1-2-14-36(15-3-1)56-50-25-13-8-20-45(50)54-52(56)35-28-26-34(27-29-35)42-33-51(57-48-23-11-6-18-40(48)41-19-7-12-24-49(41)57)53-44-31-30-37(32-43(42)44)55-46-21-9-4-16-38(46)39-17-5-10-22-47(39)55/h1-33H. The molecule has 266 valence electrons. The molecule has 0 fully saturated rings. The molecule has 0 radical (unpaired) electrons. The van der Waals surface area contributed by atoms with Gasteiger partial charge in [0.1, 0.15) is 11.6 Å². The summed E-state index contributed by atoms with van der Waals surface area (Å²) in [5, 5.41) is 5.99. The zero-order valence-electron chi connectivity index (χ0n) is 30.8. The molecule has 0 saturated heterocycles. The van der Waals surface area contributed by atoms with Gasteiger partial charge in [-0.15, -0.1) is 0 Å². The third-order valence-electron chi connectivity index (χ3n) is 11.5. The van der Waals surface area contributed by atoms with Crippen molar-refractivity contribution in [3.8, 4) is 39.7 Å². The predicted octanol–water partition coefficient (Wildman–Crippen LogP) is 13.1. The quantitative estimate of drug-likeness (QED) is 0.177. The highest BCUT2D eigenvalue weighted by atomic mass is 15.1. The molecule has 4 heterocycles. The van der Waals surface area contributed by atoms with E-state index in [1.54, 1.807) is 0 Å². The number of hydrogen-bond acceptors (Lipinski definition) is 2. The number of fused-ring (bicyclic) bond motifs is 8. The van der Waals surface area contributed by atoms with E-state index in [-0.39, 0.29) is 0 Å². The molecule has 0 atom stereocenters. The average Bonchev–Trinajstić information content (AvgIpc) is 3.95. The van der Waals surface area contributed by atoms with Crippen LogP contribution in [0.3, 0.4) is 0 Å². The molecule has 57 heavy (non-hydrogen) atoms. The minimum Gasteiger partial charge on any atom is -0.309 e. The summed E-state index contributed by atoms with van der Waals surface area (Å²) in [6, 6.07) is 71.3. The van der Waals surface area contributed by atoms with Crippen molar-refractivity contribution in [3.05, 3.63) is 200 Å². The van der Waals surface area contributed by atoms with Crippen molar-refractivity contribution in [3.63, 3.8) is 0 Å². The van der Waals surface area contributed by atoms with E-state index in [0.717, 1.165) is 72.7 Å². The van der Waals surface area contributed by atoms with Crippen molar-refractivity contribution in [2.75, 3.05) is 0 Å². The third kappa shape index (κ3) is 4.82. The molecule has 0 amide bonds. The molecule has 5 heteroatoms. The second kappa shape index (κ2) is 12.4. The predicted molar refractivity (Wildman–Crippen MR) is 236 cm³/mol. The van der Waals surface area contributed by atoms with E-state index in [0.29, 0.717) is 0 Å². The minimum atomic E-state index is 0.884. The number of imidazole rings is 1. The molecular weight excluding hydrogens is 695 g/mol. The van der Waals surface area contributed by atoms with Crippen molar-refractivity contribution in [1.29, 1.82) is 0 Å². The molecule has 0 unspecified atom stereocenters. The van der Waals surface area contributed by atoms with Crippen LogP contribution in [0.15, 0.2) is 200 Å². The second-order valence-electron chi connectivity index (χ2n) is 14.6.